The van der Waals surface area contributed by atoms with E-state index >= 15 is 0 Å². The molecule has 0 aliphatic rings. The van der Waals surface area contributed by atoms with E-state index in [9.17, 15) is 4.79 Å². The number of hydrogen-bond donors (Lipinski definition) is 1. The van der Waals surface area contributed by atoms with E-state index in [0.717, 1.165) is 0 Å². The number of para-hydroxylation sites is 1. The van der Waals surface area contributed by atoms with Crippen LogP contribution in [-0.4, -0.2) is 33.4 Å². The normalized spacial score (nSPS) is 11.3. The number of rotatable bonds is 8. The summed E-state index contributed by atoms with van der Waals surface area (Å²) < 4.78 is 13.0. The summed E-state index contributed by atoms with van der Waals surface area (Å²) >= 11 is 0. The fourth-order valence-corrected chi connectivity index (χ4v) is 2.42. The Bertz CT molecular complexity index is 966. The van der Waals surface area contributed by atoms with Crippen molar-refractivity contribution in [2.75, 3.05) is 11.9 Å². The molecule has 0 saturated heterocycles. The Morgan fingerprint density at radius 2 is 2.14 bits per heavy atom. The SMILES string of the molecule is CC(Oc1ccccc1C#N)C(=O)Nc1cccc(OCCn2cncn2)c1. The molecule has 1 unspecified atom stereocenters. The van der Waals surface area contributed by atoms with Crippen molar-refractivity contribution in [3.8, 4) is 17.6 Å². The van der Waals surface area contributed by atoms with Crippen LogP contribution in [0.15, 0.2) is 61.2 Å². The van der Waals surface area contributed by atoms with Crippen LogP contribution in [0.1, 0.15) is 12.5 Å². The Morgan fingerprint density at radius 3 is 2.93 bits per heavy atom. The number of nitriles is 1. The summed E-state index contributed by atoms with van der Waals surface area (Å²) in [6.07, 6.45) is 2.31. The van der Waals surface area contributed by atoms with Crippen molar-refractivity contribution in [3.05, 3.63) is 66.7 Å². The van der Waals surface area contributed by atoms with E-state index < -0.39 is 6.10 Å². The van der Waals surface area contributed by atoms with E-state index in [4.69, 9.17) is 14.7 Å². The molecule has 8 heteroatoms. The predicted molar refractivity (Wildman–Crippen MR) is 102 cm³/mol. The van der Waals surface area contributed by atoms with Crippen molar-refractivity contribution in [2.24, 2.45) is 0 Å². The number of ether oxygens (including phenoxy) is 2. The minimum atomic E-state index is -0.772. The fraction of sp³-hybridized carbons (Fsp3) is 0.200. The number of carbonyl (C=O) groups excluding carboxylic acids is 1. The Hall–Kier alpha value is -3.86. The van der Waals surface area contributed by atoms with Crippen LogP contribution in [0, 0.1) is 11.3 Å². The molecule has 0 radical (unpaired) electrons. The minimum absolute atomic E-state index is 0.326. The van der Waals surface area contributed by atoms with Crippen molar-refractivity contribution >= 4 is 11.6 Å². The average Bonchev–Trinajstić information content (AvgIpc) is 3.22. The second-order valence-corrected chi connectivity index (χ2v) is 5.89. The van der Waals surface area contributed by atoms with Crippen molar-refractivity contribution in [2.45, 2.75) is 19.6 Å². The molecule has 3 rings (SSSR count). The minimum Gasteiger partial charge on any atom is -0.492 e. The molecule has 1 atom stereocenters. The highest BCUT2D eigenvalue weighted by molar-refractivity contribution is 5.94. The molecule has 28 heavy (non-hydrogen) atoms. The zero-order valence-corrected chi connectivity index (χ0v) is 15.3. The Morgan fingerprint density at radius 1 is 1.29 bits per heavy atom. The average molecular weight is 377 g/mol. The molecule has 142 valence electrons. The van der Waals surface area contributed by atoms with Gasteiger partial charge in [0.2, 0.25) is 0 Å². The molecule has 1 heterocycles. The van der Waals surface area contributed by atoms with Gasteiger partial charge in [0.05, 0.1) is 12.1 Å². The van der Waals surface area contributed by atoms with Gasteiger partial charge in [-0.1, -0.05) is 18.2 Å². The van der Waals surface area contributed by atoms with E-state index in [1.54, 1.807) is 66.5 Å². The molecule has 0 fully saturated rings. The number of carbonyl (C=O) groups is 1. The first kappa shape index (κ1) is 18.9. The van der Waals surface area contributed by atoms with Crippen LogP contribution in [0.2, 0.25) is 0 Å². The first-order valence-electron chi connectivity index (χ1n) is 8.67. The van der Waals surface area contributed by atoms with Crippen LogP contribution < -0.4 is 14.8 Å². The van der Waals surface area contributed by atoms with Crippen LogP contribution >= 0.6 is 0 Å². The van der Waals surface area contributed by atoms with Gasteiger partial charge in [-0.3, -0.25) is 4.79 Å². The second-order valence-electron chi connectivity index (χ2n) is 5.89. The zero-order chi connectivity index (χ0) is 19.8. The van der Waals surface area contributed by atoms with Crippen LogP contribution in [0.25, 0.3) is 0 Å². The number of benzene rings is 2. The maximum atomic E-state index is 12.4. The van der Waals surface area contributed by atoms with Gasteiger partial charge in [0.15, 0.2) is 6.10 Å². The third-order valence-corrected chi connectivity index (χ3v) is 3.84. The number of nitrogens with one attached hydrogen (secondary N) is 1. The summed E-state index contributed by atoms with van der Waals surface area (Å²) in [6, 6.07) is 15.9. The van der Waals surface area contributed by atoms with E-state index in [-0.39, 0.29) is 5.91 Å². The highest BCUT2D eigenvalue weighted by atomic mass is 16.5. The number of anilines is 1. The molecule has 0 aliphatic heterocycles. The summed E-state index contributed by atoms with van der Waals surface area (Å²) in [7, 11) is 0. The van der Waals surface area contributed by atoms with Crippen LogP contribution in [-0.2, 0) is 11.3 Å². The summed E-state index contributed by atoms with van der Waals surface area (Å²) in [4.78, 5) is 16.3. The van der Waals surface area contributed by atoms with Gasteiger partial charge in [-0.15, -0.1) is 0 Å². The van der Waals surface area contributed by atoms with E-state index in [0.29, 0.717) is 35.9 Å². The number of aromatic nitrogens is 3. The largest absolute Gasteiger partial charge is 0.492 e. The quantitative estimate of drug-likeness (QED) is 0.647. The van der Waals surface area contributed by atoms with E-state index in [2.05, 4.69) is 15.4 Å². The number of amides is 1. The third-order valence-electron chi connectivity index (χ3n) is 3.84. The van der Waals surface area contributed by atoms with E-state index in [1.165, 1.54) is 6.33 Å². The summed E-state index contributed by atoms with van der Waals surface area (Å²) in [6.45, 7) is 2.62. The molecule has 0 bridgehead atoms. The lowest BCUT2D eigenvalue weighted by Gasteiger charge is -2.16. The Balaban J connectivity index is 1.55. The van der Waals surface area contributed by atoms with Crippen LogP contribution in [0.3, 0.4) is 0 Å². The molecular formula is C20H19N5O3. The number of nitrogens with zero attached hydrogens (tertiary/aromatic N) is 4. The zero-order valence-electron chi connectivity index (χ0n) is 15.3. The first-order valence-corrected chi connectivity index (χ1v) is 8.67. The highest BCUT2D eigenvalue weighted by Gasteiger charge is 2.16. The second kappa shape index (κ2) is 9.19. The van der Waals surface area contributed by atoms with Crippen molar-refractivity contribution in [3.63, 3.8) is 0 Å². The summed E-state index contributed by atoms with van der Waals surface area (Å²) in [5, 5.41) is 15.9. The van der Waals surface area contributed by atoms with Gasteiger partial charge in [0.1, 0.15) is 36.8 Å². The topological polar surface area (TPSA) is 102 Å². The molecule has 8 nitrogen and oxygen atoms in total. The lowest BCUT2D eigenvalue weighted by atomic mass is 10.2. The molecule has 0 saturated carbocycles. The van der Waals surface area contributed by atoms with Gasteiger partial charge in [-0.25, -0.2) is 9.67 Å². The van der Waals surface area contributed by atoms with Gasteiger partial charge in [-0.05, 0) is 31.2 Å². The Kier molecular flexibility index (Phi) is 6.21. The van der Waals surface area contributed by atoms with Crippen molar-refractivity contribution < 1.29 is 14.3 Å². The van der Waals surface area contributed by atoms with Gasteiger partial charge in [0.25, 0.3) is 5.91 Å². The molecule has 0 spiro atoms. The Labute approximate surface area is 162 Å². The molecule has 2 aromatic carbocycles. The molecule has 1 N–H and O–H groups in total. The van der Waals surface area contributed by atoms with Gasteiger partial charge < -0.3 is 14.8 Å². The third kappa shape index (κ3) is 5.08. The molecule has 3 aromatic rings. The molecule has 1 amide bonds. The van der Waals surface area contributed by atoms with Gasteiger partial charge >= 0.3 is 0 Å². The van der Waals surface area contributed by atoms with Gasteiger partial charge in [0, 0.05) is 11.8 Å². The number of hydrogen-bond acceptors (Lipinski definition) is 6. The fourth-order valence-electron chi connectivity index (χ4n) is 2.42. The van der Waals surface area contributed by atoms with Crippen molar-refractivity contribution in [1.82, 2.24) is 14.8 Å². The summed E-state index contributed by atoms with van der Waals surface area (Å²) in [5.74, 6) is 0.673. The molecular weight excluding hydrogens is 358 g/mol. The molecule has 1 aromatic heterocycles. The monoisotopic (exact) mass is 377 g/mol. The van der Waals surface area contributed by atoms with Gasteiger partial charge in [-0.2, -0.15) is 10.4 Å². The lowest BCUT2D eigenvalue weighted by Crippen LogP contribution is -2.30. The first-order chi connectivity index (χ1) is 13.7. The standard InChI is InChI=1S/C20H19N5O3/c1-15(28-19-8-3-2-5-16(19)12-21)20(26)24-17-6-4-7-18(11-17)27-10-9-25-14-22-13-23-25/h2-8,11,13-15H,9-10H2,1H3,(H,24,26). The lowest BCUT2D eigenvalue weighted by molar-refractivity contribution is -0.122. The van der Waals surface area contributed by atoms with Crippen LogP contribution in [0.4, 0.5) is 5.69 Å². The highest BCUT2D eigenvalue weighted by Crippen LogP contribution is 2.20. The van der Waals surface area contributed by atoms with Crippen molar-refractivity contribution in [1.29, 1.82) is 5.26 Å². The van der Waals surface area contributed by atoms with E-state index in [1.807, 2.05) is 6.07 Å². The predicted octanol–water partition coefficient (Wildman–Crippen LogP) is 2.63. The van der Waals surface area contributed by atoms with Crippen LogP contribution in [0.5, 0.6) is 11.5 Å². The summed E-state index contributed by atoms with van der Waals surface area (Å²) in [5.41, 5.74) is 0.970. The smallest absolute Gasteiger partial charge is 0.265 e. The maximum absolute atomic E-state index is 12.4. The maximum Gasteiger partial charge on any atom is 0.265 e. The molecule has 0 aliphatic carbocycles.